The van der Waals surface area contributed by atoms with Gasteiger partial charge in [0.2, 0.25) is 0 Å². The molecule has 0 aromatic carbocycles. The summed E-state index contributed by atoms with van der Waals surface area (Å²) >= 11 is 0. The van der Waals surface area contributed by atoms with Gasteiger partial charge in [-0.2, -0.15) is 0 Å². The summed E-state index contributed by atoms with van der Waals surface area (Å²) in [5.41, 5.74) is 0. The Balaban J connectivity index is 0. The molecule has 5 heteroatoms. The van der Waals surface area contributed by atoms with Gasteiger partial charge in [0.15, 0.2) is 0 Å². The molecule has 5 heavy (non-hydrogen) atoms. The van der Waals surface area contributed by atoms with Crippen molar-refractivity contribution in [2.24, 2.45) is 0 Å². The summed E-state index contributed by atoms with van der Waals surface area (Å²) < 4.78 is 0. The van der Waals surface area contributed by atoms with E-state index in [-0.39, 0.29) is 75.9 Å². The van der Waals surface area contributed by atoms with Gasteiger partial charge in [-0.3, -0.25) is 0 Å². The molecule has 0 spiro atoms. The molecule has 0 amide bonds. The third-order valence-electron chi connectivity index (χ3n) is 0. The zero-order valence-electron chi connectivity index (χ0n) is 1.99. The van der Waals surface area contributed by atoms with E-state index in [0.29, 0.717) is 0 Å². The van der Waals surface area contributed by atoms with Gasteiger partial charge >= 0.3 is 0 Å². The van der Waals surface area contributed by atoms with Gasteiger partial charge in [-0.1, -0.05) is 0 Å². The molecule has 2 N–H and O–H groups in total. The standard InChI is InChI=1S/3BrH.H2O.Ru/h3*1H;1H2;/p-3. The van der Waals surface area contributed by atoms with Gasteiger partial charge in [-0.25, -0.2) is 0 Å². The van der Waals surface area contributed by atoms with E-state index in [0.717, 1.165) is 0 Å². The van der Waals surface area contributed by atoms with Crippen molar-refractivity contribution in [2.45, 2.75) is 0 Å². The molecular formula is H2Br3ORu-3. The monoisotopic (exact) mass is 357 g/mol. The molecule has 0 fully saturated rings. The van der Waals surface area contributed by atoms with Crippen LogP contribution in [0.4, 0.5) is 0 Å². The van der Waals surface area contributed by atoms with Crippen molar-refractivity contribution in [1.82, 2.24) is 0 Å². The first kappa shape index (κ1) is 62.2. The molecule has 0 saturated carbocycles. The topological polar surface area (TPSA) is 31.5 Å². The number of halogens is 3. The molecule has 0 radical (unpaired) electrons. The largest absolute Gasteiger partial charge is 1.00 e. The van der Waals surface area contributed by atoms with E-state index in [1.807, 2.05) is 0 Å². The third kappa shape index (κ3) is 23.8. The van der Waals surface area contributed by atoms with Crippen molar-refractivity contribution in [3.05, 3.63) is 0 Å². The van der Waals surface area contributed by atoms with Gasteiger partial charge in [0.05, 0.1) is 0 Å². The maximum Gasteiger partial charge on any atom is 0 e. The first-order valence-corrected chi connectivity index (χ1v) is 0. The van der Waals surface area contributed by atoms with Gasteiger partial charge < -0.3 is 56.4 Å². The predicted molar refractivity (Wildman–Crippen MR) is 3.61 cm³/mol. The van der Waals surface area contributed by atoms with Crippen LogP contribution in [0.15, 0.2) is 0 Å². The molecule has 0 unspecified atom stereocenters. The molecule has 0 rings (SSSR count). The summed E-state index contributed by atoms with van der Waals surface area (Å²) in [6.07, 6.45) is 0. The SMILES string of the molecule is O.[Br-].[Br-].[Br-].[Ru]. The predicted octanol–water partition coefficient (Wildman–Crippen LogP) is -9.82. The van der Waals surface area contributed by atoms with Crippen LogP contribution in [0.25, 0.3) is 0 Å². The van der Waals surface area contributed by atoms with Crippen LogP contribution in [0, 0.1) is 0 Å². The molecule has 0 aliphatic carbocycles. The van der Waals surface area contributed by atoms with Crippen LogP contribution in [0.3, 0.4) is 0 Å². The maximum atomic E-state index is 0. The average Bonchev–Trinajstić information content (AvgIpc) is 0. The van der Waals surface area contributed by atoms with Crippen LogP contribution in [0.5, 0.6) is 0 Å². The number of rotatable bonds is 0. The molecule has 0 aliphatic heterocycles. The molecule has 0 saturated heterocycles. The minimum absolute atomic E-state index is 0. The fourth-order valence-corrected chi connectivity index (χ4v) is 0. The minimum Gasteiger partial charge on any atom is -1.00 e. The van der Waals surface area contributed by atoms with Crippen molar-refractivity contribution in [3.63, 3.8) is 0 Å². The maximum absolute atomic E-state index is 0. The number of hydrogen-bond acceptors (Lipinski definition) is 0. The Bertz CT molecular complexity index is 6.85. The van der Waals surface area contributed by atoms with E-state index in [1.165, 1.54) is 0 Å². The van der Waals surface area contributed by atoms with E-state index >= 15 is 0 Å². The van der Waals surface area contributed by atoms with Gasteiger partial charge in [0.1, 0.15) is 0 Å². The summed E-state index contributed by atoms with van der Waals surface area (Å²) in [4.78, 5) is 0. The van der Waals surface area contributed by atoms with Crippen molar-refractivity contribution >= 4 is 0 Å². The molecule has 0 heterocycles. The van der Waals surface area contributed by atoms with E-state index < -0.39 is 0 Å². The summed E-state index contributed by atoms with van der Waals surface area (Å²) in [6, 6.07) is 0. The van der Waals surface area contributed by atoms with Crippen molar-refractivity contribution in [2.75, 3.05) is 0 Å². The molecule has 40 valence electrons. The first-order chi connectivity index (χ1) is 0. The molecule has 0 atom stereocenters. The van der Waals surface area contributed by atoms with E-state index in [4.69, 9.17) is 0 Å². The fraction of sp³-hybridized carbons (Fsp3) is 0. The smallest absolute Gasteiger partial charge is 0 e. The van der Waals surface area contributed by atoms with Crippen LogP contribution < -0.4 is 50.9 Å². The molecular weight excluding hydrogens is 357 g/mol. The van der Waals surface area contributed by atoms with Crippen molar-refractivity contribution in [1.29, 1.82) is 0 Å². The van der Waals surface area contributed by atoms with Crippen molar-refractivity contribution in [3.8, 4) is 0 Å². The zero-order valence-corrected chi connectivity index (χ0v) is 8.48. The summed E-state index contributed by atoms with van der Waals surface area (Å²) in [5.74, 6) is 0. The molecule has 0 aromatic rings. The molecule has 0 aromatic heterocycles. The Hall–Kier alpha value is 2.02. The van der Waals surface area contributed by atoms with Crippen LogP contribution in [-0.4, -0.2) is 5.48 Å². The van der Waals surface area contributed by atoms with Gasteiger partial charge in [0.25, 0.3) is 0 Å². The van der Waals surface area contributed by atoms with Gasteiger partial charge in [-0.15, -0.1) is 0 Å². The van der Waals surface area contributed by atoms with Crippen molar-refractivity contribution < 1.29 is 75.9 Å². The second-order valence-corrected chi connectivity index (χ2v) is 0. The van der Waals surface area contributed by atoms with Crippen LogP contribution >= 0.6 is 0 Å². The minimum atomic E-state index is 0. The Morgan fingerprint density at radius 3 is 0.600 bits per heavy atom. The summed E-state index contributed by atoms with van der Waals surface area (Å²) in [6.45, 7) is 0. The zero-order chi connectivity index (χ0) is 0. The first-order valence-electron chi connectivity index (χ1n) is 0. The quantitative estimate of drug-likeness (QED) is 0.385. The third-order valence-corrected chi connectivity index (χ3v) is 0. The van der Waals surface area contributed by atoms with Gasteiger partial charge in [-0.05, 0) is 0 Å². The van der Waals surface area contributed by atoms with Crippen LogP contribution in [-0.2, 0) is 19.5 Å². The summed E-state index contributed by atoms with van der Waals surface area (Å²) in [5, 5.41) is 0. The normalized spacial score (nSPS) is 0. The molecule has 0 aliphatic rings. The Kier molecular flexibility index (Phi) is 462. The Morgan fingerprint density at radius 2 is 0.600 bits per heavy atom. The second kappa shape index (κ2) is 37.1. The number of hydrogen-bond donors (Lipinski definition) is 0. The van der Waals surface area contributed by atoms with E-state index in [2.05, 4.69) is 0 Å². The molecule has 1 nitrogen and oxygen atoms in total. The summed E-state index contributed by atoms with van der Waals surface area (Å²) in [7, 11) is 0. The second-order valence-electron chi connectivity index (χ2n) is 0. The van der Waals surface area contributed by atoms with E-state index in [1.54, 1.807) is 0 Å². The van der Waals surface area contributed by atoms with Crippen LogP contribution in [0.2, 0.25) is 0 Å². The molecule has 0 bridgehead atoms. The van der Waals surface area contributed by atoms with E-state index in [9.17, 15) is 0 Å². The van der Waals surface area contributed by atoms with Crippen LogP contribution in [0.1, 0.15) is 0 Å². The Labute approximate surface area is 75.3 Å². The Morgan fingerprint density at radius 1 is 0.600 bits per heavy atom. The van der Waals surface area contributed by atoms with Gasteiger partial charge in [0, 0.05) is 19.5 Å². The average molecular weight is 359 g/mol. The fourth-order valence-electron chi connectivity index (χ4n) is 0.